The predicted octanol–water partition coefficient (Wildman–Crippen LogP) is 0.157. The van der Waals surface area contributed by atoms with Gasteiger partial charge in [0.1, 0.15) is 6.34 Å². The number of hydrogen-bond acceptors (Lipinski definition) is 5. The Kier molecular flexibility index (Phi) is 2.04. The topological polar surface area (TPSA) is 77.0 Å². The van der Waals surface area contributed by atoms with Gasteiger partial charge in [0.05, 0.1) is 11.3 Å². The van der Waals surface area contributed by atoms with Crippen molar-refractivity contribution in [3.63, 3.8) is 0 Å². The first-order valence-corrected chi connectivity index (χ1v) is 3.95. The molecule has 0 aromatic heterocycles. The van der Waals surface area contributed by atoms with Crippen LogP contribution in [0.3, 0.4) is 0 Å². The Morgan fingerprint density at radius 1 is 1.43 bits per heavy atom. The smallest absolute Gasteiger partial charge is 0.337 e. The minimum Gasteiger partial charge on any atom is -0.478 e. The number of benzene rings is 1. The molecule has 1 aromatic rings. The Balaban J connectivity index is 2.40. The lowest BCUT2D eigenvalue weighted by molar-refractivity contribution is 0.0697. The molecule has 0 saturated carbocycles. The molecule has 0 atom stereocenters. The monoisotopic (exact) mass is 192 g/mol. The lowest BCUT2D eigenvalue weighted by Crippen LogP contribution is -2.36. The second-order valence-corrected chi connectivity index (χ2v) is 2.63. The molecular formula is C8H8N4O2. The average molecular weight is 192 g/mol. The van der Waals surface area contributed by atoms with E-state index in [9.17, 15) is 4.79 Å². The summed E-state index contributed by atoms with van der Waals surface area (Å²) in [7, 11) is 0. The van der Waals surface area contributed by atoms with Gasteiger partial charge in [-0.25, -0.2) is 4.79 Å². The van der Waals surface area contributed by atoms with Crippen LogP contribution in [0.1, 0.15) is 10.4 Å². The third kappa shape index (κ3) is 1.38. The van der Waals surface area contributed by atoms with Gasteiger partial charge in [0.15, 0.2) is 0 Å². The summed E-state index contributed by atoms with van der Waals surface area (Å²) in [5.74, 6) is -0.982. The van der Waals surface area contributed by atoms with Gasteiger partial charge in [0.25, 0.3) is 0 Å². The average Bonchev–Trinajstić information content (AvgIpc) is 2.70. The maximum Gasteiger partial charge on any atom is 0.337 e. The van der Waals surface area contributed by atoms with Crippen molar-refractivity contribution in [3.8, 4) is 0 Å². The highest BCUT2D eigenvalue weighted by Crippen LogP contribution is 2.19. The lowest BCUT2D eigenvalue weighted by atomic mass is 10.2. The van der Waals surface area contributed by atoms with E-state index in [4.69, 9.17) is 5.11 Å². The molecule has 0 saturated heterocycles. The molecule has 0 fully saturated rings. The number of carboxylic acids is 1. The van der Waals surface area contributed by atoms with Crippen LogP contribution in [0.5, 0.6) is 0 Å². The van der Waals surface area contributed by atoms with Crippen LogP contribution in [-0.2, 0) is 0 Å². The molecule has 0 unspecified atom stereocenters. The number of aromatic carboxylic acids is 1. The van der Waals surface area contributed by atoms with E-state index in [1.54, 1.807) is 18.2 Å². The molecule has 0 spiro atoms. The molecule has 0 bridgehead atoms. The largest absolute Gasteiger partial charge is 0.478 e. The number of anilines is 1. The van der Waals surface area contributed by atoms with Gasteiger partial charge >= 0.3 is 5.97 Å². The molecule has 1 aliphatic rings. The van der Waals surface area contributed by atoms with Crippen molar-refractivity contribution in [1.29, 1.82) is 0 Å². The Morgan fingerprint density at radius 2 is 2.21 bits per heavy atom. The molecule has 3 N–H and O–H groups in total. The second kappa shape index (κ2) is 3.35. The number of rotatable bonds is 2. The molecule has 1 aromatic carbocycles. The summed E-state index contributed by atoms with van der Waals surface area (Å²) in [4.78, 5) is 10.9. The Hall–Kier alpha value is -2.08. The van der Waals surface area contributed by atoms with E-state index in [1.807, 2.05) is 0 Å². The highest BCUT2D eigenvalue weighted by atomic mass is 16.4. The van der Waals surface area contributed by atoms with Gasteiger partial charge in [-0.1, -0.05) is 12.1 Å². The van der Waals surface area contributed by atoms with Crippen LogP contribution < -0.4 is 16.1 Å². The molecule has 6 nitrogen and oxygen atoms in total. The minimum absolute atomic E-state index is 0.195. The standard InChI is InChI=1S/C8H8N4O2/c13-8(14)6-3-1-2-4-7(6)12-10-5-9-11-12/h1-5,11H,(H,9,10)(H,13,14). The lowest BCUT2D eigenvalue weighted by Gasteiger charge is -2.14. The third-order valence-corrected chi connectivity index (χ3v) is 1.77. The summed E-state index contributed by atoms with van der Waals surface area (Å²) >= 11 is 0. The zero-order chi connectivity index (χ0) is 9.97. The van der Waals surface area contributed by atoms with E-state index in [-0.39, 0.29) is 5.56 Å². The summed E-state index contributed by atoms with van der Waals surface area (Å²) in [6, 6.07) is 6.60. The maximum absolute atomic E-state index is 10.9. The van der Waals surface area contributed by atoms with Crippen LogP contribution in [0.25, 0.3) is 0 Å². The molecule has 1 heterocycles. The van der Waals surface area contributed by atoms with Crippen molar-refractivity contribution in [2.45, 2.75) is 0 Å². The van der Waals surface area contributed by atoms with Crippen LogP contribution in [0.2, 0.25) is 0 Å². The first kappa shape index (κ1) is 8.52. The molecule has 14 heavy (non-hydrogen) atoms. The highest BCUT2D eigenvalue weighted by molar-refractivity contribution is 5.94. The Labute approximate surface area is 79.8 Å². The van der Waals surface area contributed by atoms with Gasteiger partial charge in [0, 0.05) is 0 Å². The van der Waals surface area contributed by atoms with Crippen LogP contribution in [-0.4, -0.2) is 17.4 Å². The minimum atomic E-state index is -0.982. The molecule has 0 amide bonds. The molecule has 6 heteroatoms. The first-order chi connectivity index (χ1) is 6.79. The summed E-state index contributed by atoms with van der Waals surface area (Å²) in [5.41, 5.74) is 5.98. The third-order valence-electron chi connectivity index (χ3n) is 1.77. The molecule has 72 valence electrons. The van der Waals surface area contributed by atoms with Crippen molar-refractivity contribution in [3.05, 3.63) is 29.8 Å². The quantitative estimate of drug-likeness (QED) is 0.622. The number of hydrazone groups is 1. The fourth-order valence-electron chi connectivity index (χ4n) is 1.17. The Morgan fingerprint density at radius 3 is 2.86 bits per heavy atom. The van der Waals surface area contributed by atoms with Crippen molar-refractivity contribution >= 4 is 18.0 Å². The van der Waals surface area contributed by atoms with E-state index in [2.05, 4.69) is 16.1 Å². The number of carboxylic acid groups (broad SMARTS) is 1. The first-order valence-electron chi connectivity index (χ1n) is 3.95. The zero-order valence-corrected chi connectivity index (χ0v) is 7.14. The predicted molar refractivity (Wildman–Crippen MR) is 50.6 cm³/mol. The van der Waals surface area contributed by atoms with E-state index >= 15 is 0 Å². The number of hydrogen-bond donors (Lipinski definition) is 3. The number of hydrazine groups is 2. The van der Waals surface area contributed by atoms with Gasteiger partial charge < -0.3 is 5.11 Å². The van der Waals surface area contributed by atoms with Crippen molar-refractivity contribution in [1.82, 2.24) is 11.0 Å². The van der Waals surface area contributed by atoms with Crippen LogP contribution in [0, 0.1) is 0 Å². The molecular weight excluding hydrogens is 184 g/mol. The summed E-state index contributed by atoms with van der Waals surface area (Å²) in [5, 5.41) is 14.1. The maximum atomic E-state index is 10.9. The zero-order valence-electron chi connectivity index (χ0n) is 7.14. The van der Waals surface area contributed by atoms with Gasteiger partial charge in [-0.3, -0.25) is 5.43 Å². The highest BCUT2D eigenvalue weighted by Gasteiger charge is 2.16. The van der Waals surface area contributed by atoms with Crippen molar-refractivity contribution in [2.75, 3.05) is 5.12 Å². The summed E-state index contributed by atoms with van der Waals surface area (Å²) < 4.78 is 0. The molecule has 0 radical (unpaired) electrons. The van der Waals surface area contributed by atoms with Crippen molar-refractivity contribution < 1.29 is 9.90 Å². The second-order valence-electron chi connectivity index (χ2n) is 2.63. The Bertz CT molecular complexity index is 391. The SMILES string of the molecule is O=C(O)c1ccccc1N1N=CNN1. The molecule has 2 rings (SSSR count). The van der Waals surface area contributed by atoms with Crippen LogP contribution in [0.4, 0.5) is 5.69 Å². The van der Waals surface area contributed by atoms with Gasteiger partial charge in [-0.15, -0.1) is 10.6 Å². The fourth-order valence-corrected chi connectivity index (χ4v) is 1.17. The van der Waals surface area contributed by atoms with Gasteiger partial charge in [-0.05, 0) is 12.1 Å². The molecule has 0 aliphatic carbocycles. The van der Waals surface area contributed by atoms with E-state index in [0.717, 1.165) is 0 Å². The number of para-hydroxylation sites is 1. The summed E-state index contributed by atoms with van der Waals surface area (Å²) in [6.45, 7) is 0. The van der Waals surface area contributed by atoms with E-state index in [0.29, 0.717) is 5.69 Å². The fraction of sp³-hybridized carbons (Fsp3) is 0. The van der Waals surface area contributed by atoms with E-state index in [1.165, 1.54) is 17.5 Å². The normalized spacial score (nSPS) is 14.1. The van der Waals surface area contributed by atoms with Crippen LogP contribution >= 0.6 is 0 Å². The van der Waals surface area contributed by atoms with E-state index < -0.39 is 5.97 Å². The number of nitrogens with zero attached hydrogens (tertiary/aromatic N) is 2. The summed E-state index contributed by atoms with van der Waals surface area (Å²) in [6.07, 6.45) is 1.43. The van der Waals surface area contributed by atoms with Crippen LogP contribution in [0.15, 0.2) is 29.4 Å². The van der Waals surface area contributed by atoms with Gasteiger partial charge in [0.2, 0.25) is 0 Å². The number of nitrogens with one attached hydrogen (secondary N) is 2. The van der Waals surface area contributed by atoms with Crippen molar-refractivity contribution in [2.24, 2.45) is 5.10 Å². The van der Waals surface area contributed by atoms with Gasteiger partial charge in [-0.2, -0.15) is 5.12 Å². The molecule has 1 aliphatic heterocycles. The number of carbonyl (C=O) groups is 1.